The van der Waals surface area contributed by atoms with Gasteiger partial charge in [0.05, 0.1) is 6.33 Å². The summed E-state index contributed by atoms with van der Waals surface area (Å²) in [6, 6.07) is 1.27. The minimum Gasteiger partial charge on any atom is -0.334 e. The van der Waals surface area contributed by atoms with E-state index in [2.05, 4.69) is 10.3 Å². The number of nitrogens with zero attached hydrogens (tertiary/aromatic N) is 2. The summed E-state index contributed by atoms with van der Waals surface area (Å²) in [4.78, 5) is 25.9. The molecule has 0 aromatic carbocycles. The standard InChI is InChI=1S/C8H8Cl3N3O2/c1-5-2-6(16)14(3-12-5)7(13-4-15)8(9,10)11/h2-4,7H,1H3,(H,13,15)/t7-/m0/s1. The van der Waals surface area contributed by atoms with Crippen LogP contribution in [0.1, 0.15) is 11.9 Å². The monoisotopic (exact) mass is 283 g/mol. The molecule has 0 fully saturated rings. The lowest BCUT2D eigenvalue weighted by atomic mass is 10.4. The molecule has 1 rings (SSSR count). The van der Waals surface area contributed by atoms with E-state index in [1.54, 1.807) is 6.92 Å². The summed E-state index contributed by atoms with van der Waals surface area (Å²) in [5, 5.41) is 2.25. The number of hydrogen-bond donors (Lipinski definition) is 1. The highest BCUT2D eigenvalue weighted by Gasteiger charge is 2.34. The molecule has 0 aliphatic rings. The Kier molecular flexibility index (Phi) is 4.18. The van der Waals surface area contributed by atoms with Gasteiger partial charge in [-0.2, -0.15) is 0 Å². The maximum Gasteiger partial charge on any atom is 0.255 e. The molecule has 0 saturated heterocycles. The molecule has 0 spiro atoms. The Hall–Kier alpha value is -0.780. The average molecular weight is 285 g/mol. The van der Waals surface area contributed by atoms with Crippen molar-refractivity contribution in [1.82, 2.24) is 14.9 Å². The molecule has 16 heavy (non-hydrogen) atoms. The Balaban J connectivity index is 3.21. The first-order valence-corrected chi connectivity index (χ1v) is 5.31. The second-order valence-electron chi connectivity index (χ2n) is 3.00. The van der Waals surface area contributed by atoms with Gasteiger partial charge in [-0.1, -0.05) is 34.8 Å². The van der Waals surface area contributed by atoms with Crippen LogP contribution in [0.5, 0.6) is 0 Å². The molecule has 0 unspecified atom stereocenters. The number of rotatable bonds is 3. The summed E-state index contributed by atoms with van der Waals surface area (Å²) in [7, 11) is 0. The third-order valence-corrected chi connectivity index (χ3v) is 2.41. The largest absolute Gasteiger partial charge is 0.334 e. The number of carbonyl (C=O) groups is 1. The number of amides is 1. The Morgan fingerprint density at radius 3 is 2.62 bits per heavy atom. The predicted octanol–water partition coefficient (Wildman–Crippen LogP) is 1.17. The van der Waals surface area contributed by atoms with Crippen LogP contribution < -0.4 is 10.9 Å². The van der Waals surface area contributed by atoms with Gasteiger partial charge in [0, 0.05) is 11.8 Å². The van der Waals surface area contributed by atoms with Crippen molar-refractivity contribution in [2.24, 2.45) is 0 Å². The Morgan fingerprint density at radius 2 is 2.19 bits per heavy atom. The molecule has 1 aromatic heterocycles. The van der Waals surface area contributed by atoms with Gasteiger partial charge in [0.25, 0.3) is 5.56 Å². The second kappa shape index (κ2) is 5.03. The van der Waals surface area contributed by atoms with Gasteiger partial charge in [0.2, 0.25) is 10.2 Å². The van der Waals surface area contributed by atoms with Crippen molar-refractivity contribution in [3.63, 3.8) is 0 Å². The molecule has 8 heteroatoms. The van der Waals surface area contributed by atoms with Gasteiger partial charge in [0.15, 0.2) is 6.17 Å². The van der Waals surface area contributed by atoms with Crippen molar-refractivity contribution < 1.29 is 4.79 Å². The van der Waals surface area contributed by atoms with Crippen molar-refractivity contribution in [3.05, 3.63) is 28.4 Å². The fraction of sp³-hybridized carbons (Fsp3) is 0.375. The quantitative estimate of drug-likeness (QED) is 0.669. The molecule has 0 saturated carbocycles. The van der Waals surface area contributed by atoms with E-state index < -0.39 is 15.5 Å². The van der Waals surface area contributed by atoms with Crippen LogP contribution >= 0.6 is 34.8 Å². The van der Waals surface area contributed by atoms with Crippen LogP contribution in [0.4, 0.5) is 0 Å². The maximum absolute atomic E-state index is 11.6. The highest BCUT2D eigenvalue weighted by Crippen LogP contribution is 2.35. The number of alkyl halides is 3. The van der Waals surface area contributed by atoms with E-state index in [9.17, 15) is 9.59 Å². The molecule has 5 nitrogen and oxygen atoms in total. The molecule has 0 aliphatic carbocycles. The number of aromatic nitrogens is 2. The van der Waals surface area contributed by atoms with Crippen LogP contribution in [0.3, 0.4) is 0 Å². The molecule has 0 bridgehead atoms. The number of nitrogens with one attached hydrogen (secondary N) is 1. The van der Waals surface area contributed by atoms with Crippen molar-refractivity contribution in [2.45, 2.75) is 16.9 Å². The Bertz CT molecular complexity index is 441. The number of aryl methyl sites for hydroxylation is 1. The summed E-state index contributed by atoms with van der Waals surface area (Å²) in [5.74, 6) is 0. The van der Waals surface area contributed by atoms with E-state index in [-0.39, 0.29) is 0 Å². The number of halogens is 3. The second-order valence-corrected chi connectivity index (χ2v) is 5.37. The van der Waals surface area contributed by atoms with E-state index in [0.717, 1.165) is 4.57 Å². The lowest BCUT2D eigenvalue weighted by Gasteiger charge is -2.25. The normalized spacial score (nSPS) is 13.2. The zero-order valence-electron chi connectivity index (χ0n) is 8.15. The average Bonchev–Trinajstić information content (AvgIpc) is 2.13. The van der Waals surface area contributed by atoms with Crippen molar-refractivity contribution in [1.29, 1.82) is 0 Å². The van der Waals surface area contributed by atoms with Gasteiger partial charge in [0.1, 0.15) is 0 Å². The van der Waals surface area contributed by atoms with E-state index in [4.69, 9.17) is 34.8 Å². The van der Waals surface area contributed by atoms with Gasteiger partial charge >= 0.3 is 0 Å². The van der Waals surface area contributed by atoms with Crippen LogP contribution in [0.15, 0.2) is 17.2 Å². The number of hydrogen-bond acceptors (Lipinski definition) is 3. The molecule has 1 amide bonds. The molecule has 1 heterocycles. The summed E-state index contributed by atoms with van der Waals surface area (Å²) in [6.45, 7) is 1.66. The lowest BCUT2D eigenvalue weighted by molar-refractivity contribution is -0.110. The molecule has 1 aromatic rings. The van der Waals surface area contributed by atoms with Crippen LogP contribution in [-0.2, 0) is 4.79 Å². The van der Waals surface area contributed by atoms with Crippen LogP contribution in [0, 0.1) is 6.92 Å². The molecule has 0 radical (unpaired) electrons. The zero-order valence-corrected chi connectivity index (χ0v) is 10.4. The van der Waals surface area contributed by atoms with E-state index in [0.29, 0.717) is 12.1 Å². The summed E-state index contributed by atoms with van der Waals surface area (Å²) >= 11 is 16.9. The lowest BCUT2D eigenvalue weighted by Crippen LogP contribution is -2.41. The Morgan fingerprint density at radius 1 is 1.56 bits per heavy atom. The smallest absolute Gasteiger partial charge is 0.255 e. The molecule has 0 aliphatic heterocycles. The van der Waals surface area contributed by atoms with Crippen LogP contribution in [0.25, 0.3) is 0 Å². The number of carbonyl (C=O) groups excluding carboxylic acids is 1. The molecular weight excluding hydrogens is 276 g/mol. The van der Waals surface area contributed by atoms with Crippen LogP contribution in [0.2, 0.25) is 0 Å². The van der Waals surface area contributed by atoms with Gasteiger partial charge in [-0.15, -0.1) is 0 Å². The first-order chi connectivity index (χ1) is 7.36. The van der Waals surface area contributed by atoms with Gasteiger partial charge in [-0.05, 0) is 6.92 Å². The fourth-order valence-corrected chi connectivity index (χ4v) is 1.60. The molecular formula is C8H8Cl3N3O2. The van der Waals surface area contributed by atoms with Gasteiger partial charge in [-0.25, -0.2) is 4.98 Å². The van der Waals surface area contributed by atoms with Crippen LogP contribution in [-0.4, -0.2) is 19.8 Å². The highest BCUT2D eigenvalue weighted by molar-refractivity contribution is 6.67. The molecule has 1 atom stereocenters. The van der Waals surface area contributed by atoms with E-state index >= 15 is 0 Å². The maximum atomic E-state index is 11.6. The minimum absolute atomic E-state index is 0.346. The van der Waals surface area contributed by atoms with E-state index in [1.807, 2.05) is 0 Å². The van der Waals surface area contributed by atoms with Crippen molar-refractivity contribution in [2.75, 3.05) is 0 Å². The van der Waals surface area contributed by atoms with Crippen molar-refractivity contribution in [3.8, 4) is 0 Å². The third kappa shape index (κ3) is 3.10. The molecule has 88 valence electrons. The first kappa shape index (κ1) is 13.3. The minimum atomic E-state index is -1.85. The zero-order chi connectivity index (χ0) is 12.3. The topological polar surface area (TPSA) is 64.0 Å². The predicted molar refractivity (Wildman–Crippen MR) is 61.8 cm³/mol. The summed E-state index contributed by atoms with van der Waals surface area (Å²) in [5.41, 5.74) is 0.119. The SMILES string of the molecule is Cc1cc(=O)n([C@H](NC=O)C(Cl)(Cl)Cl)cn1. The third-order valence-electron chi connectivity index (χ3n) is 1.79. The highest BCUT2D eigenvalue weighted by atomic mass is 35.6. The first-order valence-electron chi connectivity index (χ1n) is 4.17. The molecule has 1 N–H and O–H groups in total. The fourth-order valence-electron chi connectivity index (χ4n) is 1.09. The Labute approximate surface area is 106 Å². The van der Waals surface area contributed by atoms with E-state index in [1.165, 1.54) is 12.4 Å². The van der Waals surface area contributed by atoms with Gasteiger partial charge in [-0.3, -0.25) is 14.2 Å². The van der Waals surface area contributed by atoms with Gasteiger partial charge < -0.3 is 5.32 Å². The summed E-state index contributed by atoms with van der Waals surface area (Å²) < 4.78 is -0.809. The summed E-state index contributed by atoms with van der Waals surface area (Å²) in [6.07, 6.45) is 0.454. The van der Waals surface area contributed by atoms with Crippen molar-refractivity contribution >= 4 is 41.2 Å².